The normalized spacial score (nSPS) is 11.8. The Morgan fingerprint density at radius 2 is 2.11 bits per heavy atom. The number of carbonyl (C=O) groups is 2. The van der Waals surface area contributed by atoms with Gasteiger partial charge >= 0.3 is 12.0 Å². The maximum Gasteiger partial charge on any atom is 0.326 e. The zero-order chi connectivity index (χ0) is 13.9. The van der Waals surface area contributed by atoms with Crippen LogP contribution in [0.3, 0.4) is 0 Å². The molecule has 0 heterocycles. The van der Waals surface area contributed by atoms with E-state index in [-0.39, 0.29) is 10.7 Å². The molecule has 0 aromatic heterocycles. The van der Waals surface area contributed by atoms with E-state index in [1.807, 2.05) is 0 Å². The van der Waals surface area contributed by atoms with Crippen LogP contribution >= 0.6 is 11.6 Å². The van der Waals surface area contributed by atoms with Gasteiger partial charge in [-0.1, -0.05) is 11.6 Å². The van der Waals surface area contributed by atoms with Crippen molar-refractivity contribution >= 4 is 29.3 Å². The number of hydrogen-bond donors (Lipinski definition) is 2. The van der Waals surface area contributed by atoms with Gasteiger partial charge in [-0.2, -0.15) is 0 Å². The van der Waals surface area contributed by atoms with Gasteiger partial charge < -0.3 is 15.3 Å². The van der Waals surface area contributed by atoms with Crippen molar-refractivity contribution in [2.75, 3.05) is 12.4 Å². The Balaban J connectivity index is 2.81. The van der Waals surface area contributed by atoms with E-state index in [9.17, 15) is 14.0 Å². The van der Waals surface area contributed by atoms with Crippen LogP contribution in [0.2, 0.25) is 5.02 Å². The van der Waals surface area contributed by atoms with Gasteiger partial charge in [-0.25, -0.2) is 14.0 Å². The molecule has 0 fully saturated rings. The van der Waals surface area contributed by atoms with E-state index in [1.54, 1.807) is 0 Å². The number of halogens is 2. The first-order valence-corrected chi connectivity index (χ1v) is 5.42. The summed E-state index contributed by atoms with van der Waals surface area (Å²) >= 11 is 5.67. The topological polar surface area (TPSA) is 69.6 Å². The van der Waals surface area contributed by atoms with E-state index in [0.717, 1.165) is 11.0 Å². The highest BCUT2D eigenvalue weighted by atomic mass is 35.5. The summed E-state index contributed by atoms with van der Waals surface area (Å²) in [7, 11) is 1.30. The molecule has 18 heavy (non-hydrogen) atoms. The number of carboxylic acids is 1. The van der Waals surface area contributed by atoms with E-state index >= 15 is 0 Å². The second-order valence-electron chi connectivity index (χ2n) is 3.68. The minimum Gasteiger partial charge on any atom is -0.480 e. The molecule has 1 aromatic rings. The highest BCUT2D eigenvalue weighted by molar-refractivity contribution is 6.30. The Morgan fingerprint density at radius 1 is 1.50 bits per heavy atom. The molecule has 0 aliphatic heterocycles. The third kappa shape index (κ3) is 3.33. The van der Waals surface area contributed by atoms with Gasteiger partial charge in [-0.3, -0.25) is 0 Å². The van der Waals surface area contributed by atoms with E-state index in [0.29, 0.717) is 0 Å². The highest BCUT2D eigenvalue weighted by Crippen LogP contribution is 2.19. The number of rotatable bonds is 3. The van der Waals surface area contributed by atoms with Crippen molar-refractivity contribution in [1.82, 2.24) is 4.90 Å². The predicted molar refractivity (Wildman–Crippen MR) is 65.3 cm³/mol. The molecule has 0 aliphatic rings. The summed E-state index contributed by atoms with van der Waals surface area (Å²) in [6.45, 7) is 1.34. The van der Waals surface area contributed by atoms with Gasteiger partial charge in [-0.05, 0) is 25.1 Å². The van der Waals surface area contributed by atoms with Gasteiger partial charge in [0, 0.05) is 12.1 Å². The SMILES string of the molecule is CC(C(=O)O)N(C)C(=O)Nc1cc(Cl)ccc1F. The third-order valence-corrected chi connectivity index (χ3v) is 2.66. The molecule has 2 amide bonds. The standard InChI is InChI=1S/C11H12ClFN2O3/c1-6(10(16)17)15(2)11(18)14-9-5-7(12)3-4-8(9)13/h3-6H,1-2H3,(H,14,18)(H,16,17). The fourth-order valence-corrected chi connectivity index (χ4v) is 1.31. The molecule has 0 bridgehead atoms. The van der Waals surface area contributed by atoms with Gasteiger partial charge in [0.1, 0.15) is 11.9 Å². The van der Waals surface area contributed by atoms with Crippen LogP contribution in [0.1, 0.15) is 6.92 Å². The number of carboxylic acid groups (broad SMARTS) is 1. The number of benzene rings is 1. The number of anilines is 1. The molecule has 0 aliphatic carbocycles. The Bertz CT molecular complexity index is 481. The molecular formula is C11H12ClFN2O3. The molecule has 1 atom stereocenters. The number of nitrogens with zero attached hydrogens (tertiary/aromatic N) is 1. The van der Waals surface area contributed by atoms with Crippen molar-refractivity contribution in [2.45, 2.75) is 13.0 Å². The second kappa shape index (κ2) is 5.68. The first kappa shape index (κ1) is 14.2. The van der Waals surface area contributed by atoms with Gasteiger partial charge in [0.15, 0.2) is 0 Å². The lowest BCUT2D eigenvalue weighted by molar-refractivity contribution is -0.141. The number of hydrogen-bond acceptors (Lipinski definition) is 2. The minimum atomic E-state index is -1.15. The molecule has 5 nitrogen and oxygen atoms in total. The summed E-state index contributed by atoms with van der Waals surface area (Å²) in [5.74, 6) is -1.80. The van der Waals surface area contributed by atoms with E-state index in [2.05, 4.69) is 5.32 Å². The quantitative estimate of drug-likeness (QED) is 0.889. The number of aliphatic carboxylic acids is 1. The number of amides is 2. The summed E-state index contributed by atoms with van der Waals surface area (Å²) in [5.41, 5.74) is -0.100. The summed E-state index contributed by atoms with van der Waals surface area (Å²) in [6, 6.07) is 1.95. The molecule has 2 N–H and O–H groups in total. The summed E-state index contributed by atoms with van der Waals surface area (Å²) in [4.78, 5) is 23.3. The molecule has 0 saturated heterocycles. The van der Waals surface area contributed by atoms with Crippen molar-refractivity contribution in [3.05, 3.63) is 29.0 Å². The molecule has 1 aromatic carbocycles. The van der Waals surface area contributed by atoms with Crippen LogP contribution in [0.25, 0.3) is 0 Å². The van der Waals surface area contributed by atoms with Crippen molar-refractivity contribution in [1.29, 1.82) is 0 Å². The molecule has 0 radical (unpaired) electrons. The Morgan fingerprint density at radius 3 is 2.67 bits per heavy atom. The number of likely N-dealkylation sites (N-methyl/N-ethyl adjacent to an activating group) is 1. The van der Waals surface area contributed by atoms with Crippen molar-refractivity contribution in [3.8, 4) is 0 Å². The lowest BCUT2D eigenvalue weighted by Crippen LogP contribution is -2.42. The maximum absolute atomic E-state index is 13.3. The lowest BCUT2D eigenvalue weighted by atomic mass is 10.3. The highest BCUT2D eigenvalue weighted by Gasteiger charge is 2.22. The molecule has 1 unspecified atom stereocenters. The largest absolute Gasteiger partial charge is 0.480 e. The molecule has 0 spiro atoms. The monoisotopic (exact) mass is 274 g/mol. The Hall–Kier alpha value is -1.82. The van der Waals surface area contributed by atoms with Gasteiger partial charge in [0.05, 0.1) is 5.69 Å². The second-order valence-corrected chi connectivity index (χ2v) is 4.12. The van der Waals surface area contributed by atoms with Crippen LogP contribution < -0.4 is 5.32 Å². The number of nitrogens with one attached hydrogen (secondary N) is 1. The summed E-state index contributed by atoms with van der Waals surface area (Å²) in [6.07, 6.45) is 0. The molecule has 7 heteroatoms. The fraction of sp³-hybridized carbons (Fsp3) is 0.273. The van der Waals surface area contributed by atoms with Crippen LogP contribution in [0.15, 0.2) is 18.2 Å². The number of carbonyl (C=O) groups excluding carboxylic acids is 1. The number of urea groups is 1. The zero-order valence-electron chi connectivity index (χ0n) is 9.78. The van der Waals surface area contributed by atoms with Gasteiger partial charge in [-0.15, -0.1) is 0 Å². The molecule has 0 saturated carbocycles. The Labute approximate surface area is 108 Å². The van der Waals surface area contributed by atoms with Crippen molar-refractivity contribution < 1.29 is 19.1 Å². The smallest absolute Gasteiger partial charge is 0.326 e. The molecule has 1 rings (SSSR count). The van der Waals surface area contributed by atoms with E-state index in [4.69, 9.17) is 16.7 Å². The first-order chi connectivity index (χ1) is 8.32. The summed E-state index contributed by atoms with van der Waals surface area (Å²) in [5, 5.41) is 11.3. The average Bonchev–Trinajstić information content (AvgIpc) is 2.31. The fourth-order valence-electron chi connectivity index (χ4n) is 1.14. The predicted octanol–water partition coefficient (Wildman–Crippen LogP) is 2.42. The first-order valence-electron chi connectivity index (χ1n) is 5.04. The zero-order valence-corrected chi connectivity index (χ0v) is 10.5. The minimum absolute atomic E-state index is 0.100. The summed E-state index contributed by atoms with van der Waals surface area (Å²) < 4.78 is 13.3. The third-order valence-electron chi connectivity index (χ3n) is 2.43. The van der Waals surface area contributed by atoms with Gasteiger partial charge in [0.2, 0.25) is 0 Å². The van der Waals surface area contributed by atoms with E-state index in [1.165, 1.54) is 26.1 Å². The van der Waals surface area contributed by atoms with Crippen molar-refractivity contribution in [3.63, 3.8) is 0 Å². The van der Waals surface area contributed by atoms with Crippen LogP contribution in [0.5, 0.6) is 0 Å². The van der Waals surface area contributed by atoms with Crippen molar-refractivity contribution in [2.24, 2.45) is 0 Å². The van der Waals surface area contributed by atoms with Crippen LogP contribution in [0.4, 0.5) is 14.9 Å². The molecule has 98 valence electrons. The van der Waals surface area contributed by atoms with E-state index < -0.39 is 23.9 Å². The van der Waals surface area contributed by atoms with Gasteiger partial charge in [0.25, 0.3) is 0 Å². The lowest BCUT2D eigenvalue weighted by Gasteiger charge is -2.22. The van der Waals surface area contributed by atoms with Crippen LogP contribution in [-0.2, 0) is 4.79 Å². The van der Waals surface area contributed by atoms with Crippen LogP contribution in [0, 0.1) is 5.82 Å². The maximum atomic E-state index is 13.3. The van der Waals surface area contributed by atoms with Crippen LogP contribution in [-0.4, -0.2) is 35.1 Å². The average molecular weight is 275 g/mol. The molecular weight excluding hydrogens is 263 g/mol. The Kier molecular flexibility index (Phi) is 4.49.